The van der Waals surface area contributed by atoms with Crippen LogP contribution >= 0.6 is 0 Å². The molecule has 0 unspecified atom stereocenters. The summed E-state index contributed by atoms with van der Waals surface area (Å²) >= 11 is 0. The molecule has 0 aromatic heterocycles. The second-order valence-electron chi connectivity index (χ2n) is 4.72. The number of amides is 1. The third kappa shape index (κ3) is 4.09. The lowest BCUT2D eigenvalue weighted by Gasteiger charge is -2.13. The van der Waals surface area contributed by atoms with Gasteiger partial charge in [-0.2, -0.15) is 0 Å². The fourth-order valence-corrected chi connectivity index (χ4v) is 1.78. The molecule has 0 spiro atoms. The highest BCUT2D eigenvalue weighted by Crippen LogP contribution is 2.20. The Hall–Kier alpha value is -2.82. The van der Waals surface area contributed by atoms with E-state index in [2.05, 4.69) is 0 Å². The summed E-state index contributed by atoms with van der Waals surface area (Å²) in [5.41, 5.74) is 6.33. The van der Waals surface area contributed by atoms with Crippen molar-refractivity contribution in [2.24, 2.45) is 5.73 Å². The second kappa shape index (κ2) is 7.26. The summed E-state index contributed by atoms with van der Waals surface area (Å²) in [6.45, 7) is 1.75. The maximum absolute atomic E-state index is 12.1. The molecular formula is C17H17NO4. The minimum Gasteiger partial charge on any atom is -0.488 e. The number of ether oxygens (including phenoxy) is 2. The van der Waals surface area contributed by atoms with Crippen molar-refractivity contribution in [3.8, 4) is 5.75 Å². The number of carbonyl (C=O) groups is 2. The minimum absolute atomic E-state index is 0.256. The zero-order valence-electron chi connectivity index (χ0n) is 12.2. The summed E-state index contributed by atoms with van der Waals surface area (Å²) < 4.78 is 10.7. The molecule has 22 heavy (non-hydrogen) atoms. The van der Waals surface area contributed by atoms with Gasteiger partial charge in [0.05, 0.1) is 0 Å². The Morgan fingerprint density at radius 2 is 1.68 bits per heavy atom. The highest BCUT2D eigenvalue weighted by atomic mass is 16.5. The molecule has 114 valence electrons. The van der Waals surface area contributed by atoms with Crippen LogP contribution in [0.3, 0.4) is 0 Å². The lowest BCUT2D eigenvalue weighted by molar-refractivity contribution is -0.125. The van der Waals surface area contributed by atoms with Crippen molar-refractivity contribution in [1.29, 1.82) is 0 Å². The van der Waals surface area contributed by atoms with Gasteiger partial charge in [0.2, 0.25) is 0 Å². The molecule has 5 heteroatoms. The number of hydrogen-bond donors (Lipinski definition) is 1. The first-order chi connectivity index (χ1) is 10.6. The highest BCUT2D eigenvalue weighted by molar-refractivity contribution is 5.94. The van der Waals surface area contributed by atoms with Crippen LogP contribution < -0.4 is 10.5 Å². The van der Waals surface area contributed by atoms with Gasteiger partial charge in [0.1, 0.15) is 17.9 Å². The van der Waals surface area contributed by atoms with Gasteiger partial charge in [-0.1, -0.05) is 42.5 Å². The maximum Gasteiger partial charge on any atom is 0.342 e. The Morgan fingerprint density at radius 1 is 1.05 bits per heavy atom. The van der Waals surface area contributed by atoms with E-state index in [1.165, 1.54) is 6.92 Å². The quantitative estimate of drug-likeness (QED) is 0.830. The van der Waals surface area contributed by atoms with E-state index in [0.717, 1.165) is 5.56 Å². The van der Waals surface area contributed by atoms with Gasteiger partial charge in [-0.15, -0.1) is 0 Å². The van der Waals surface area contributed by atoms with Crippen molar-refractivity contribution >= 4 is 11.9 Å². The Morgan fingerprint density at radius 3 is 2.36 bits per heavy atom. The molecule has 2 rings (SSSR count). The van der Waals surface area contributed by atoms with Gasteiger partial charge >= 0.3 is 5.97 Å². The van der Waals surface area contributed by atoms with E-state index in [1.807, 2.05) is 30.3 Å². The number of hydrogen-bond acceptors (Lipinski definition) is 4. The molecule has 2 N–H and O–H groups in total. The predicted molar refractivity (Wildman–Crippen MR) is 81.3 cm³/mol. The van der Waals surface area contributed by atoms with Gasteiger partial charge in [-0.05, 0) is 24.6 Å². The molecule has 0 heterocycles. The fraction of sp³-hybridized carbons (Fsp3) is 0.176. The number of esters is 1. The topological polar surface area (TPSA) is 78.6 Å². The first-order valence-electron chi connectivity index (χ1n) is 6.84. The summed E-state index contributed by atoms with van der Waals surface area (Å²) in [5.74, 6) is -0.945. The van der Waals surface area contributed by atoms with E-state index in [4.69, 9.17) is 15.2 Å². The zero-order valence-corrected chi connectivity index (χ0v) is 12.2. The third-order valence-electron chi connectivity index (χ3n) is 3.03. The highest BCUT2D eigenvalue weighted by Gasteiger charge is 2.19. The molecular weight excluding hydrogens is 282 g/mol. The number of benzene rings is 2. The number of para-hydroxylation sites is 1. The number of carbonyl (C=O) groups excluding carboxylic acids is 2. The summed E-state index contributed by atoms with van der Waals surface area (Å²) in [6.07, 6.45) is -0.991. The molecule has 0 aliphatic heterocycles. The summed E-state index contributed by atoms with van der Waals surface area (Å²) in [7, 11) is 0. The number of nitrogens with two attached hydrogens (primary N) is 1. The molecule has 0 aliphatic rings. The van der Waals surface area contributed by atoms with Gasteiger partial charge in [-0.3, -0.25) is 4.79 Å². The number of primary amides is 1. The van der Waals surface area contributed by atoms with Crippen LogP contribution in [-0.4, -0.2) is 18.0 Å². The van der Waals surface area contributed by atoms with Crippen molar-refractivity contribution in [1.82, 2.24) is 0 Å². The average Bonchev–Trinajstić information content (AvgIpc) is 2.54. The normalized spacial score (nSPS) is 11.5. The first kappa shape index (κ1) is 15.6. The van der Waals surface area contributed by atoms with Crippen LogP contribution in [0.1, 0.15) is 22.8 Å². The number of rotatable bonds is 6. The van der Waals surface area contributed by atoms with E-state index < -0.39 is 18.0 Å². The van der Waals surface area contributed by atoms with E-state index in [1.54, 1.807) is 24.3 Å². The van der Waals surface area contributed by atoms with Crippen molar-refractivity contribution < 1.29 is 19.1 Å². The van der Waals surface area contributed by atoms with Crippen molar-refractivity contribution in [3.63, 3.8) is 0 Å². The van der Waals surface area contributed by atoms with E-state index in [9.17, 15) is 9.59 Å². The van der Waals surface area contributed by atoms with Crippen LogP contribution in [0.15, 0.2) is 54.6 Å². The molecule has 0 fully saturated rings. The Balaban J connectivity index is 2.09. The lowest BCUT2D eigenvalue weighted by Crippen LogP contribution is -2.30. The van der Waals surface area contributed by atoms with E-state index >= 15 is 0 Å². The summed E-state index contributed by atoms with van der Waals surface area (Å²) in [6, 6.07) is 16.3. The fourth-order valence-electron chi connectivity index (χ4n) is 1.78. The molecule has 0 saturated carbocycles. The SMILES string of the molecule is C[C@@H](OC(=O)c1ccccc1OCc1ccccc1)C(N)=O. The lowest BCUT2D eigenvalue weighted by atomic mass is 10.2. The van der Waals surface area contributed by atoms with Gasteiger partial charge in [0, 0.05) is 0 Å². The maximum atomic E-state index is 12.1. The molecule has 2 aromatic carbocycles. The molecule has 0 radical (unpaired) electrons. The van der Waals surface area contributed by atoms with Gasteiger partial charge in [0.25, 0.3) is 5.91 Å². The average molecular weight is 299 g/mol. The standard InChI is InChI=1S/C17H17NO4/c1-12(16(18)19)22-17(20)14-9-5-6-10-15(14)21-11-13-7-3-2-4-8-13/h2-10,12H,11H2,1H3,(H2,18,19)/t12-/m1/s1. The van der Waals surface area contributed by atoms with Crippen LogP contribution in [-0.2, 0) is 16.1 Å². The van der Waals surface area contributed by atoms with E-state index in [-0.39, 0.29) is 5.56 Å². The van der Waals surface area contributed by atoms with Gasteiger partial charge < -0.3 is 15.2 Å². The largest absolute Gasteiger partial charge is 0.488 e. The van der Waals surface area contributed by atoms with Crippen LogP contribution in [0.5, 0.6) is 5.75 Å². The molecule has 5 nitrogen and oxygen atoms in total. The summed E-state index contributed by atoms with van der Waals surface area (Å²) in [4.78, 5) is 23.1. The summed E-state index contributed by atoms with van der Waals surface area (Å²) in [5, 5.41) is 0. The zero-order chi connectivity index (χ0) is 15.9. The van der Waals surface area contributed by atoms with Gasteiger partial charge in [0.15, 0.2) is 6.10 Å². The third-order valence-corrected chi connectivity index (χ3v) is 3.03. The predicted octanol–water partition coefficient (Wildman–Crippen LogP) is 2.30. The first-order valence-corrected chi connectivity index (χ1v) is 6.84. The Bertz CT molecular complexity index is 655. The minimum atomic E-state index is -0.991. The van der Waals surface area contributed by atoms with Gasteiger partial charge in [-0.25, -0.2) is 4.79 Å². The molecule has 1 amide bonds. The van der Waals surface area contributed by atoms with Crippen molar-refractivity contribution in [3.05, 3.63) is 65.7 Å². The molecule has 0 aliphatic carbocycles. The monoisotopic (exact) mass is 299 g/mol. The molecule has 0 saturated heterocycles. The smallest absolute Gasteiger partial charge is 0.342 e. The molecule has 0 bridgehead atoms. The van der Waals surface area contributed by atoms with Crippen LogP contribution in [0, 0.1) is 0 Å². The Kier molecular flexibility index (Phi) is 5.14. The van der Waals surface area contributed by atoms with E-state index in [0.29, 0.717) is 12.4 Å². The van der Waals surface area contributed by atoms with Crippen LogP contribution in [0.4, 0.5) is 0 Å². The molecule has 2 aromatic rings. The second-order valence-corrected chi connectivity index (χ2v) is 4.72. The van der Waals surface area contributed by atoms with Crippen LogP contribution in [0.2, 0.25) is 0 Å². The van der Waals surface area contributed by atoms with Crippen molar-refractivity contribution in [2.75, 3.05) is 0 Å². The molecule has 1 atom stereocenters. The van der Waals surface area contributed by atoms with Crippen LogP contribution in [0.25, 0.3) is 0 Å². The van der Waals surface area contributed by atoms with Crippen molar-refractivity contribution in [2.45, 2.75) is 19.6 Å². The Labute approximate surface area is 128 Å².